The molecule has 1 rings (SSSR count). The van der Waals surface area contributed by atoms with Gasteiger partial charge in [0.25, 0.3) is 0 Å². The molecule has 0 unspecified atom stereocenters. The first-order valence-corrected chi connectivity index (χ1v) is 4.49. The Labute approximate surface area is 60.4 Å². The fraction of sp³-hybridized carbons (Fsp3) is 0.286. The number of Topliss-reactive ketones (excluding diaryl/α,β-unsaturated/α-hetero) is 1. The predicted molar refractivity (Wildman–Crippen MR) is 38.1 cm³/mol. The number of ketones is 1. The molecule has 0 saturated heterocycles. The number of carbonyl (C=O) groups is 1. The maximum atomic E-state index is 10.7. The van der Waals surface area contributed by atoms with Crippen molar-refractivity contribution in [2.24, 2.45) is 0 Å². The van der Waals surface area contributed by atoms with E-state index in [0.717, 1.165) is 4.44 Å². The molecule has 0 amide bonds. The third-order valence-electron chi connectivity index (χ3n) is 1.09. The Balaban J connectivity index is 2.98. The fourth-order valence-electron chi connectivity index (χ4n) is 0.624. The molecule has 1 aromatic rings. The summed E-state index contributed by atoms with van der Waals surface area (Å²) in [5, 5.41) is 0. The van der Waals surface area contributed by atoms with Crippen molar-refractivity contribution in [1.82, 2.24) is 0 Å². The molecule has 0 aromatic carbocycles. The van der Waals surface area contributed by atoms with E-state index in [4.69, 9.17) is 0 Å². The van der Waals surface area contributed by atoms with E-state index in [2.05, 4.69) is 6.92 Å². The van der Waals surface area contributed by atoms with E-state index in [1.165, 1.54) is 4.44 Å². The van der Waals surface area contributed by atoms with Gasteiger partial charge in [0.2, 0.25) is 0 Å². The van der Waals surface area contributed by atoms with Gasteiger partial charge in [-0.3, -0.25) is 0 Å². The summed E-state index contributed by atoms with van der Waals surface area (Å²) in [6, 6.07) is 3.95. The van der Waals surface area contributed by atoms with Crippen LogP contribution in [0.4, 0.5) is 0 Å². The molecule has 1 aromatic heterocycles. The van der Waals surface area contributed by atoms with Gasteiger partial charge in [0.05, 0.1) is 0 Å². The van der Waals surface area contributed by atoms with Crippen molar-refractivity contribution in [3.05, 3.63) is 21.0 Å². The van der Waals surface area contributed by atoms with Gasteiger partial charge in [-0.15, -0.1) is 0 Å². The summed E-state index contributed by atoms with van der Waals surface area (Å²) in [4.78, 5) is 10.7. The van der Waals surface area contributed by atoms with Crippen LogP contribution in [0.3, 0.4) is 0 Å². The van der Waals surface area contributed by atoms with Crippen molar-refractivity contribution in [2.45, 2.75) is 13.8 Å². The van der Waals surface area contributed by atoms with Crippen LogP contribution in [-0.2, 0) is 0 Å². The van der Waals surface area contributed by atoms with Gasteiger partial charge in [0.1, 0.15) is 0 Å². The summed E-state index contributed by atoms with van der Waals surface area (Å²) in [6.07, 6.45) is 0. The van der Waals surface area contributed by atoms with Crippen molar-refractivity contribution in [1.29, 1.82) is 0 Å². The van der Waals surface area contributed by atoms with Crippen LogP contribution in [0.1, 0.15) is 20.6 Å². The zero-order valence-corrected chi connectivity index (χ0v) is 7.18. The van der Waals surface area contributed by atoms with Gasteiger partial charge in [-0.2, -0.15) is 0 Å². The summed E-state index contributed by atoms with van der Waals surface area (Å²) < 4.78 is 2.34. The minimum absolute atomic E-state index is 0.225. The van der Waals surface area contributed by atoms with Gasteiger partial charge >= 0.3 is 59.9 Å². The van der Waals surface area contributed by atoms with Crippen LogP contribution in [0.5, 0.6) is 0 Å². The molecule has 0 aliphatic carbocycles. The van der Waals surface area contributed by atoms with Crippen molar-refractivity contribution in [3.63, 3.8) is 0 Å². The zero-order chi connectivity index (χ0) is 6.85. The Kier molecular flexibility index (Phi) is 1.89. The van der Waals surface area contributed by atoms with E-state index < -0.39 is 0 Å². The molecular formula is C7H8OSe. The third-order valence-corrected chi connectivity index (χ3v) is 3.40. The van der Waals surface area contributed by atoms with E-state index in [1.807, 2.05) is 12.1 Å². The number of hydrogen-bond acceptors (Lipinski definition) is 1. The first-order valence-electron chi connectivity index (χ1n) is 2.77. The topological polar surface area (TPSA) is 17.1 Å². The van der Waals surface area contributed by atoms with Gasteiger partial charge in [-0.1, -0.05) is 0 Å². The summed E-state index contributed by atoms with van der Waals surface area (Å²) >= 11 is 0.339. The molecule has 0 aliphatic heterocycles. The molecule has 9 heavy (non-hydrogen) atoms. The number of rotatable bonds is 1. The molecule has 2 heteroatoms. The fourth-order valence-corrected chi connectivity index (χ4v) is 2.22. The van der Waals surface area contributed by atoms with Gasteiger partial charge in [-0.05, 0) is 0 Å². The van der Waals surface area contributed by atoms with Crippen LogP contribution >= 0.6 is 0 Å². The third kappa shape index (κ3) is 1.54. The number of aryl methyl sites for hydroxylation is 1. The van der Waals surface area contributed by atoms with E-state index in [9.17, 15) is 4.79 Å². The second-order valence-corrected chi connectivity index (χ2v) is 4.67. The van der Waals surface area contributed by atoms with Crippen LogP contribution in [0.15, 0.2) is 12.1 Å². The second kappa shape index (κ2) is 2.51. The Hall–Kier alpha value is -0.331. The van der Waals surface area contributed by atoms with Crippen LogP contribution in [-0.4, -0.2) is 20.3 Å². The Morgan fingerprint density at radius 3 is 2.44 bits per heavy atom. The zero-order valence-electron chi connectivity index (χ0n) is 5.47. The van der Waals surface area contributed by atoms with Crippen LogP contribution in [0.2, 0.25) is 0 Å². The van der Waals surface area contributed by atoms with E-state index in [1.54, 1.807) is 6.92 Å². The Morgan fingerprint density at radius 1 is 1.56 bits per heavy atom. The predicted octanol–water partition coefficient (Wildman–Crippen LogP) is 1.25. The molecule has 0 fully saturated rings. The molecular weight excluding hydrogens is 179 g/mol. The normalized spacial score (nSPS) is 9.56. The first kappa shape index (κ1) is 6.78. The molecule has 0 N–H and O–H groups in total. The van der Waals surface area contributed by atoms with Crippen LogP contribution in [0.25, 0.3) is 0 Å². The Bertz CT molecular complexity index is 225. The summed E-state index contributed by atoms with van der Waals surface area (Å²) in [5.41, 5.74) is 0. The average molecular weight is 187 g/mol. The summed E-state index contributed by atoms with van der Waals surface area (Å²) in [6.45, 7) is 3.69. The molecule has 0 bridgehead atoms. The molecule has 0 saturated carbocycles. The van der Waals surface area contributed by atoms with Gasteiger partial charge < -0.3 is 0 Å². The van der Waals surface area contributed by atoms with E-state index >= 15 is 0 Å². The summed E-state index contributed by atoms with van der Waals surface area (Å²) in [5.74, 6) is 0.225. The second-order valence-electron chi connectivity index (χ2n) is 1.97. The summed E-state index contributed by atoms with van der Waals surface area (Å²) in [7, 11) is 0. The molecule has 0 aliphatic rings. The molecule has 0 atom stereocenters. The number of hydrogen-bond donors (Lipinski definition) is 0. The van der Waals surface area contributed by atoms with Crippen molar-refractivity contribution in [2.75, 3.05) is 0 Å². The van der Waals surface area contributed by atoms with E-state index in [0.29, 0.717) is 14.5 Å². The van der Waals surface area contributed by atoms with Crippen LogP contribution in [0, 0.1) is 6.92 Å². The molecule has 48 valence electrons. The quantitative estimate of drug-likeness (QED) is 0.477. The SMILES string of the molecule is CC(=O)c1ccc(C)[se]1. The standard InChI is InChI=1S/C7H8OSe/c1-5-3-4-7(9-5)6(2)8/h3-4H,1-2H3. The molecule has 0 spiro atoms. The first-order chi connectivity index (χ1) is 4.20. The molecule has 0 radical (unpaired) electrons. The van der Waals surface area contributed by atoms with Crippen LogP contribution < -0.4 is 0 Å². The molecule has 1 heterocycles. The Morgan fingerprint density at radius 2 is 2.22 bits per heavy atom. The van der Waals surface area contributed by atoms with Gasteiger partial charge in [0.15, 0.2) is 0 Å². The van der Waals surface area contributed by atoms with E-state index in [-0.39, 0.29) is 5.78 Å². The maximum absolute atomic E-state index is 10.7. The molecule has 1 nitrogen and oxygen atoms in total. The van der Waals surface area contributed by atoms with Gasteiger partial charge in [-0.25, -0.2) is 0 Å². The monoisotopic (exact) mass is 188 g/mol. The van der Waals surface area contributed by atoms with Crippen molar-refractivity contribution < 1.29 is 4.79 Å². The van der Waals surface area contributed by atoms with Crippen molar-refractivity contribution >= 4 is 20.3 Å². The average Bonchev–Trinajstić information content (AvgIpc) is 2.14. The van der Waals surface area contributed by atoms with Gasteiger partial charge in [0, 0.05) is 0 Å². The minimum atomic E-state index is 0.225. The number of carbonyl (C=O) groups excluding carboxylic acids is 1. The van der Waals surface area contributed by atoms with Crippen molar-refractivity contribution in [3.8, 4) is 0 Å².